The Balaban J connectivity index is 1.77. The van der Waals surface area contributed by atoms with Gasteiger partial charge in [-0.25, -0.2) is 4.79 Å². The highest BCUT2D eigenvalue weighted by Crippen LogP contribution is 2.17. The average molecular weight is 322 g/mol. The van der Waals surface area contributed by atoms with Gasteiger partial charge in [0.05, 0.1) is 7.05 Å². The molecule has 1 aromatic heterocycles. The van der Waals surface area contributed by atoms with Crippen molar-refractivity contribution in [2.75, 3.05) is 7.05 Å². The number of nitrogens with one attached hydrogen (secondary N) is 3. The normalized spacial score (nSPS) is 18.2. The highest BCUT2D eigenvalue weighted by molar-refractivity contribution is 5.96. The minimum absolute atomic E-state index is 0.197. The van der Waals surface area contributed by atoms with Crippen LogP contribution in [0, 0.1) is 6.92 Å². The van der Waals surface area contributed by atoms with Gasteiger partial charge in [0.25, 0.3) is 5.91 Å². The standard InChI is InChI=1S/C17H27N3O3/c1-12-9-10-15(23-12)11-20(3)13(2)16(21)19-17(22)18-14-7-5-4-6-8-14/h9-10,13-14H,4-8,11H2,1-3H3,(H2,18,19,21,22)/p+1/t13-/m0/s1. The van der Waals surface area contributed by atoms with Gasteiger partial charge >= 0.3 is 6.03 Å². The fourth-order valence-corrected chi connectivity index (χ4v) is 2.92. The Morgan fingerprint density at radius 1 is 1.30 bits per heavy atom. The molecule has 1 fully saturated rings. The van der Waals surface area contributed by atoms with E-state index in [0.717, 1.165) is 42.1 Å². The maximum atomic E-state index is 12.2. The molecule has 1 aliphatic rings. The predicted octanol–water partition coefficient (Wildman–Crippen LogP) is 1.15. The molecule has 6 heteroatoms. The fraction of sp³-hybridized carbons (Fsp3) is 0.647. The van der Waals surface area contributed by atoms with Gasteiger partial charge < -0.3 is 14.6 Å². The minimum Gasteiger partial charge on any atom is -0.460 e. The van der Waals surface area contributed by atoms with Crippen LogP contribution in [0.1, 0.15) is 50.5 Å². The van der Waals surface area contributed by atoms with Gasteiger partial charge in [0.1, 0.15) is 12.3 Å². The highest BCUT2D eigenvalue weighted by atomic mass is 16.3. The van der Waals surface area contributed by atoms with E-state index in [4.69, 9.17) is 4.42 Å². The summed E-state index contributed by atoms with van der Waals surface area (Å²) in [5.41, 5.74) is 0. The summed E-state index contributed by atoms with van der Waals surface area (Å²) in [5, 5.41) is 5.36. The van der Waals surface area contributed by atoms with Crippen LogP contribution in [-0.4, -0.2) is 31.1 Å². The van der Waals surface area contributed by atoms with Gasteiger partial charge in [-0.1, -0.05) is 19.3 Å². The number of quaternary nitrogens is 1. The zero-order valence-electron chi connectivity index (χ0n) is 14.3. The molecular weight excluding hydrogens is 294 g/mol. The first kappa shape index (κ1) is 17.5. The number of hydrogen-bond acceptors (Lipinski definition) is 3. The largest absolute Gasteiger partial charge is 0.460 e. The molecule has 1 aliphatic carbocycles. The van der Waals surface area contributed by atoms with E-state index in [9.17, 15) is 9.59 Å². The number of imide groups is 1. The fourth-order valence-electron chi connectivity index (χ4n) is 2.92. The number of aryl methyl sites for hydroxylation is 1. The number of urea groups is 1. The number of likely N-dealkylation sites (N-methyl/N-ethyl adjacent to an activating group) is 1. The molecule has 1 heterocycles. The molecule has 1 unspecified atom stereocenters. The van der Waals surface area contributed by atoms with E-state index < -0.39 is 0 Å². The maximum absolute atomic E-state index is 12.2. The first-order valence-electron chi connectivity index (χ1n) is 8.44. The van der Waals surface area contributed by atoms with Crippen molar-refractivity contribution >= 4 is 11.9 Å². The summed E-state index contributed by atoms with van der Waals surface area (Å²) >= 11 is 0. The SMILES string of the molecule is Cc1ccc(C[NH+](C)[C@@H](C)C(=O)NC(=O)NC2CCCCC2)o1. The van der Waals surface area contributed by atoms with Crippen LogP contribution in [-0.2, 0) is 11.3 Å². The number of furan rings is 1. The van der Waals surface area contributed by atoms with E-state index >= 15 is 0 Å². The second-order valence-electron chi connectivity index (χ2n) is 6.55. The Morgan fingerprint density at radius 3 is 2.61 bits per heavy atom. The number of rotatable bonds is 5. The van der Waals surface area contributed by atoms with Gasteiger partial charge in [-0.15, -0.1) is 0 Å². The van der Waals surface area contributed by atoms with E-state index in [2.05, 4.69) is 10.6 Å². The maximum Gasteiger partial charge on any atom is 0.321 e. The van der Waals surface area contributed by atoms with E-state index in [1.165, 1.54) is 6.42 Å². The molecule has 3 N–H and O–H groups in total. The summed E-state index contributed by atoms with van der Waals surface area (Å²) in [6, 6.07) is 3.31. The van der Waals surface area contributed by atoms with Crippen LogP contribution < -0.4 is 15.5 Å². The van der Waals surface area contributed by atoms with Crippen molar-refractivity contribution in [1.29, 1.82) is 0 Å². The Labute approximate surface area is 137 Å². The first-order chi connectivity index (χ1) is 11.0. The number of carbonyl (C=O) groups is 2. The lowest BCUT2D eigenvalue weighted by Crippen LogP contribution is -3.12. The summed E-state index contributed by atoms with van der Waals surface area (Å²) in [7, 11) is 1.92. The summed E-state index contributed by atoms with van der Waals surface area (Å²) in [6.07, 6.45) is 5.52. The monoisotopic (exact) mass is 322 g/mol. The van der Waals surface area contributed by atoms with Gasteiger partial charge in [-0.3, -0.25) is 10.1 Å². The minimum atomic E-state index is -0.379. The van der Waals surface area contributed by atoms with Crippen molar-refractivity contribution in [2.24, 2.45) is 0 Å². The van der Waals surface area contributed by atoms with Crippen LogP contribution in [0.2, 0.25) is 0 Å². The van der Waals surface area contributed by atoms with Crippen LogP contribution in [0.3, 0.4) is 0 Å². The molecular formula is C17H28N3O3+. The number of carbonyl (C=O) groups excluding carboxylic acids is 2. The molecule has 0 radical (unpaired) electrons. The average Bonchev–Trinajstić information content (AvgIpc) is 2.92. The lowest BCUT2D eigenvalue weighted by Gasteiger charge is -2.24. The summed E-state index contributed by atoms with van der Waals surface area (Å²) < 4.78 is 5.53. The van der Waals surface area contributed by atoms with E-state index in [1.807, 2.05) is 33.0 Å². The van der Waals surface area contributed by atoms with Crippen molar-refractivity contribution in [3.8, 4) is 0 Å². The molecule has 0 bridgehead atoms. The van der Waals surface area contributed by atoms with Crippen molar-refractivity contribution in [3.63, 3.8) is 0 Å². The molecule has 0 saturated heterocycles. The lowest BCUT2D eigenvalue weighted by molar-refractivity contribution is -0.909. The Hall–Kier alpha value is -1.82. The molecule has 0 spiro atoms. The summed E-state index contributed by atoms with van der Waals surface area (Å²) in [5.74, 6) is 1.43. The van der Waals surface area contributed by atoms with Gasteiger partial charge in [-0.05, 0) is 38.8 Å². The molecule has 0 aromatic carbocycles. The summed E-state index contributed by atoms with van der Waals surface area (Å²) in [6.45, 7) is 4.31. The molecule has 23 heavy (non-hydrogen) atoms. The zero-order valence-corrected chi connectivity index (χ0v) is 14.3. The third-order valence-electron chi connectivity index (χ3n) is 4.56. The van der Waals surface area contributed by atoms with Crippen LogP contribution in [0.15, 0.2) is 16.5 Å². The molecule has 1 saturated carbocycles. The van der Waals surface area contributed by atoms with Gasteiger partial charge in [0.15, 0.2) is 11.8 Å². The van der Waals surface area contributed by atoms with Crippen molar-refractivity contribution in [3.05, 3.63) is 23.7 Å². The lowest BCUT2D eigenvalue weighted by atomic mass is 9.96. The molecule has 6 nitrogen and oxygen atoms in total. The number of hydrogen-bond donors (Lipinski definition) is 3. The van der Waals surface area contributed by atoms with Crippen LogP contribution in [0.25, 0.3) is 0 Å². The topological polar surface area (TPSA) is 75.8 Å². The Bertz CT molecular complexity index is 535. The number of amides is 3. The van der Waals surface area contributed by atoms with Crippen LogP contribution in [0.5, 0.6) is 0 Å². The second-order valence-corrected chi connectivity index (χ2v) is 6.55. The van der Waals surface area contributed by atoms with Crippen molar-refractivity contribution in [2.45, 2.75) is 64.6 Å². The quantitative estimate of drug-likeness (QED) is 0.761. The molecule has 128 valence electrons. The molecule has 3 amide bonds. The van der Waals surface area contributed by atoms with Crippen molar-refractivity contribution < 1.29 is 18.9 Å². The Morgan fingerprint density at radius 2 is 2.00 bits per heavy atom. The van der Waals surface area contributed by atoms with Crippen LogP contribution >= 0.6 is 0 Å². The second kappa shape index (κ2) is 8.15. The third kappa shape index (κ3) is 5.39. The first-order valence-corrected chi connectivity index (χ1v) is 8.44. The van der Waals surface area contributed by atoms with Gasteiger partial charge in [0, 0.05) is 6.04 Å². The predicted molar refractivity (Wildman–Crippen MR) is 87.0 cm³/mol. The highest BCUT2D eigenvalue weighted by Gasteiger charge is 2.25. The summed E-state index contributed by atoms with van der Waals surface area (Å²) in [4.78, 5) is 25.1. The molecule has 2 atom stereocenters. The molecule has 2 rings (SSSR count). The molecule has 1 aromatic rings. The Kier molecular flexibility index (Phi) is 6.21. The van der Waals surface area contributed by atoms with E-state index in [0.29, 0.717) is 6.54 Å². The van der Waals surface area contributed by atoms with Gasteiger partial charge in [0.2, 0.25) is 0 Å². The van der Waals surface area contributed by atoms with E-state index in [1.54, 1.807) is 0 Å². The third-order valence-corrected chi connectivity index (χ3v) is 4.56. The van der Waals surface area contributed by atoms with Gasteiger partial charge in [-0.2, -0.15) is 0 Å². The molecule has 0 aliphatic heterocycles. The van der Waals surface area contributed by atoms with Crippen LogP contribution in [0.4, 0.5) is 4.79 Å². The smallest absolute Gasteiger partial charge is 0.321 e. The van der Waals surface area contributed by atoms with Crippen molar-refractivity contribution in [1.82, 2.24) is 10.6 Å². The zero-order chi connectivity index (χ0) is 16.8. The van der Waals surface area contributed by atoms with E-state index in [-0.39, 0.29) is 24.0 Å².